The van der Waals surface area contributed by atoms with Gasteiger partial charge in [-0.05, 0) is 39.0 Å². The number of phenols is 1. The van der Waals surface area contributed by atoms with Crippen molar-refractivity contribution in [3.8, 4) is 5.75 Å². The lowest BCUT2D eigenvalue weighted by Crippen LogP contribution is -2.44. The fraction of sp³-hybridized carbons (Fsp3) is 0.444. The Kier molecular flexibility index (Phi) is 9.20. The number of alkyl carbamates (subject to hydrolysis) is 1. The van der Waals surface area contributed by atoms with Gasteiger partial charge in [-0.3, -0.25) is 14.4 Å². The van der Waals surface area contributed by atoms with Crippen molar-refractivity contribution in [3.63, 3.8) is 0 Å². The van der Waals surface area contributed by atoms with E-state index in [1.807, 2.05) is 0 Å². The van der Waals surface area contributed by atoms with E-state index in [9.17, 15) is 24.3 Å². The number of hydrogen-bond acceptors (Lipinski definition) is 7. The zero-order valence-corrected chi connectivity index (χ0v) is 17.1. The molecular formula is C18H24ClN3O7. The van der Waals surface area contributed by atoms with E-state index in [4.69, 9.17) is 21.1 Å². The lowest BCUT2D eigenvalue weighted by molar-refractivity contribution is -0.145. The molecule has 1 aromatic carbocycles. The normalized spacial score (nSPS) is 10.6. The van der Waals surface area contributed by atoms with Gasteiger partial charge in [-0.15, -0.1) is 0 Å². The van der Waals surface area contributed by atoms with Crippen molar-refractivity contribution in [2.45, 2.75) is 33.0 Å². The molecule has 1 aromatic rings. The van der Waals surface area contributed by atoms with Gasteiger partial charge in [-0.25, -0.2) is 4.79 Å². The molecule has 0 spiro atoms. The molecule has 0 aliphatic carbocycles. The van der Waals surface area contributed by atoms with Gasteiger partial charge in [0.2, 0.25) is 11.8 Å². The first-order valence-corrected chi connectivity index (χ1v) is 8.97. The summed E-state index contributed by atoms with van der Waals surface area (Å²) in [6.07, 6.45) is -0.759. The van der Waals surface area contributed by atoms with Gasteiger partial charge in [0.05, 0.1) is 6.54 Å². The van der Waals surface area contributed by atoms with Gasteiger partial charge < -0.3 is 30.5 Å². The summed E-state index contributed by atoms with van der Waals surface area (Å²) in [7, 11) is 0. The number of amides is 3. The van der Waals surface area contributed by atoms with Crippen molar-refractivity contribution in [2.24, 2.45) is 0 Å². The molecule has 0 unspecified atom stereocenters. The first-order chi connectivity index (χ1) is 13.5. The third-order valence-electron chi connectivity index (χ3n) is 3.10. The monoisotopic (exact) mass is 429 g/mol. The van der Waals surface area contributed by atoms with E-state index in [2.05, 4.69) is 16.0 Å². The summed E-state index contributed by atoms with van der Waals surface area (Å²) in [5, 5.41) is 16.8. The maximum absolute atomic E-state index is 11.6. The molecular weight excluding hydrogens is 406 g/mol. The molecule has 0 bridgehead atoms. The number of hydrogen-bond donors (Lipinski definition) is 4. The molecule has 0 atom stereocenters. The van der Waals surface area contributed by atoms with Crippen molar-refractivity contribution in [1.82, 2.24) is 16.0 Å². The summed E-state index contributed by atoms with van der Waals surface area (Å²) in [5.41, 5.74) is -0.373. The second-order valence-corrected chi connectivity index (χ2v) is 7.28. The van der Waals surface area contributed by atoms with E-state index in [1.165, 1.54) is 18.2 Å². The Morgan fingerprint density at radius 3 is 2.21 bits per heavy atom. The van der Waals surface area contributed by atoms with Crippen LogP contribution in [0.5, 0.6) is 5.75 Å². The van der Waals surface area contributed by atoms with Crippen molar-refractivity contribution >= 4 is 35.5 Å². The molecule has 0 fully saturated rings. The fourth-order valence-electron chi connectivity index (χ4n) is 1.82. The van der Waals surface area contributed by atoms with Crippen LogP contribution in [0.1, 0.15) is 26.3 Å². The van der Waals surface area contributed by atoms with Crippen molar-refractivity contribution < 1.29 is 33.8 Å². The van der Waals surface area contributed by atoms with Crippen LogP contribution in [0.3, 0.4) is 0 Å². The minimum absolute atomic E-state index is 0.0751. The Balaban J connectivity index is 2.22. The molecule has 160 valence electrons. The minimum Gasteiger partial charge on any atom is -0.508 e. The van der Waals surface area contributed by atoms with Crippen LogP contribution in [-0.4, -0.2) is 54.2 Å². The summed E-state index contributed by atoms with van der Waals surface area (Å²) in [4.78, 5) is 46.3. The van der Waals surface area contributed by atoms with Gasteiger partial charge in [0, 0.05) is 10.6 Å². The third kappa shape index (κ3) is 10.8. The lowest BCUT2D eigenvalue weighted by Gasteiger charge is -2.19. The quantitative estimate of drug-likeness (QED) is 0.448. The number of esters is 1. The van der Waals surface area contributed by atoms with Gasteiger partial charge in [0.25, 0.3) is 0 Å². The number of ether oxygens (including phenoxy) is 2. The number of phenolic OH excluding ortho intramolecular Hbond substituents is 1. The molecule has 0 saturated heterocycles. The molecule has 4 N–H and O–H groups in total. The number of rotatable bonds is 8. The number of carbonyl (C=O) groups excluding carboxylic acids is 4. The largest absolute Gasteiger partial charge is 0.508 e. The Bertz CT molecular complexity index is 762. The second kappa shape index (κ2) is 11.1. The SMILES string of the molecule is CC(C)(C)OC(=O)NCC(=O)NCC(=O)NCC(=O)OCc1cc(Cl)ccc1O. The minimum atomic E-state index is -0.759. The average molecular weight is 430 g/mol. The molecule has 3 amide bonds. The van der Waals surface area contributed by atoms with Crippen LogP contribution in [0, 0.1) is 0 Å². The smallest absolute Gasteiger partial charge is 0.408 e. The predicted octanol–water partition coefficient (Wildman–Crippen LogP) is 0.846. The Morgan fingerprint density at radius 2 is 1.59 bits per heavy atom. The Morgan fingerprint density at radius 1 is 1.00 bits per heavy atom. The van der Waals surface area contributed by atoms with E-state index >= 15 is 0 Å². The van der Waals surface area contributed by atoms with Crippen molar-refractivity contribution in [2.75, 3.05) is 19.6 Å². The lowest BCUT2D eigenvalue weighted by atomic mass is 10.2. The number of aromatic hydroxyl groups is 1. The fourth-order valence-corrected chi connectivity index (χ4v) is 2.01. The van der Waals surface area contributed by atoms with Crippen molar-refractivity contribution in [3.05, 3.63) is 28.8 Å². The zero-order valence-electron chi connectivity index (χ0n) is 16.3. The van der Waals surface area contributed by atoms with E-state index in [1.54, 1.807) is 20.8 Å². The van der Waals surface area contributed by atoms with Crippen LogP contribution in [0.25, 0.3) is 0 Å². The van der Waals surface area contributed by atoms with Crippen LogP contribution < -0.4 is 16.0 Å². The maximum atomic E-state index is 11.6. The molecule has 0 aromatic heterocycles. The summed E-state index contributed by atoms with van der Waals surface area (Å²) in [6.45, 7) is 3.64. The summed E-state index contributed by atoms with van der Waals surface area (Å²) < 4.78 is 9.89. The highest BCUT2D eigenvalue weighted by molar-refractivity contribution is 6.30. The molecule has 10 nitrogen and oxygen atoms in total. The highest BCUT2D eigenvalue weighted by atomic mass is 35.5. The Labute approximate surface area is 172 Å². The Hall–Kier alpha value is -3.01. The standard InChI is InChI=1S/C18H24ClN3O7/c1-18(2,3)29-17(27)22-8-15(25)20-7-14(24)21-9-16(26)28-10-11-6-12(19)4-5-13(11)23/h4-6,23H,7-10H2,1-3H3,(H,20,25)(H,21,24)(H,22,27). The van der Waals surface area contributed by atoms with Crippen LogP contribution in [0.2, 0.25) is 5.02 Å². The van der Waals surface area contributed by atoms with Crippen LogP contribution >= 0.6 is 11.6 Å². The molecule has 1 rings (SSSR count). The average Bonchev–Trinajstić information content (AvgIpc) is 2.62. The summed E-state index contributed by atoms with van der Waals surface area (Å²) in [6, 6.07) is 4.30. The zero-order chi connectivity index (χ0) is 22.0. The third-order valence-corrected chi connectivity index (χ3v) is 3.33. The van der Waals surface area contributed by atoms with E-state index in [0.717, 1.165) is 0 Å². The van der Waals surface area contributed by atoms with E-state index in [-0.39, 0.29) is 18.9 Å². The summed E-state index contributed by atoms with van der Waals surface area (Å²) >= 11 is 5.79. The second-order valence-electron chi connectivity index (χ2n) is 6.84. The number of halogens is 1. The highest BCUT2D eigenvalue weighted by Gasteiger charge is 2.17. The number of nitrogens with one attached hydrogen (secondary N) is 3. The topological polar surface area (TPSA) is 143 Å². The maximum Gasteiger partial charge on any atom is 0.408 e. The van der Waals surface area contributed by atoms with Gasteiger partial charge >= 0.3 is 12.1 Å². The van der Waals surface area contributed by atoms with Gasteiger partial charge in [-0.1, -0.05) is 11.6 Å². The van der Waals surface area contributed by atoms with Crippen molar-refractivity contribution in [1.29, 1.82) is 0 Å². The first kappa shape index (κ1) is 24.0. The molecule has 29 heavy (non-hydrogen) atoms. The van der Waals surface area contributed by atoms with Crippen LogP contribution in [-0.2, 0) is 30.5 Å². The summed E-state index contributed by atoms with van der Waals surface area (Å²) in [5.74, 6) is -2.05. The van der Waals surface area contributed by atoms with Gasteiger partial charge in [-0.2, -0.15) is 0 Å². The van der Waals surface area contributed by atoms with E-state index < -0.39 is 42.6 Å². The predicted molar refractivity (Wildman–Crippen MR) is 103 cm³/mol. The molecule has 0 aliphatic heterocycles. The van der Waals surface area contributed by atoms with Gasteiger partial charge in [0.1, 0.15) is 31.0 Å². The number of benzene rings is 1. The van der Waals surface area contributed by atoms with E-state index in [0.29, 0.717) is 10.6 Å². The molecule has 0 heterocycles. The molecule has 0 radical (unpaired) electrons. The van der Waals surface area contributed by atoms with Crippen LogP contribution in [0.15, 0.2) is 18.2 Å². The van der Waals surface area contributed by atoms with Crippen LogP contribution in [0.4, 0.5) is 4.79 Å². The highest BCUT2D eigenvalue weighted by Crippen LogP contribution is 2.22. The number of carbonyl (C=O) groups is 4. The molecule has 0 saturated carbocycles. The first-order valence-electron chi connectivity index (χ1n) is 8.59. The molecule has 11 heteroatoms. The molecule has 0 aliphatic rings. The van der Waals surface area contributed by atoms with Gasteiger partial charge in [0.15, 0.2) is 0 Å².